The second-order valence-electron chi connectivity index (χ2n) is 15.0. The number of aromatic nitrogens is 1. The van der Waals surface area contributed by atoms with Gasteiger partial charge in [0.05, 0.1) is 5.41 Å². The SMILES string of the molecule is CN1/C(=C/C=C2\CCCC(/C=C/C3=[N+](C)c4ccc5c(c4C3(C)C)CCC=C5)=C2[n+]2ccccc2)C(C)(C)c2c1ccc1ccccc21. The molecule has 4 aliphatic rings. The minimum Gasteiger partial charge on any atom is -0.347 e. The summed E-state index contributed by atoms with van der Waals surface area (Å²) in [4.78, 5) is 2.41. The van der Waals surface area contributed by atoms with Crippen LogP contribution in [0.5, 0.6) is 0 Å². The van der Waals surface area contributed by atoms with E-state index in [-0.39, 0.29) is 10.8 Å². The summed E-state index contributed by atoms with van der Waals surface area (Å²) in [6.45, 7) is 9.58. The molecule has 0 fully saturated rings. The normalized spacial score (nSPS) is 21.2. The molecule has 0 unspecified atom stereocenters. The van der Waals surface area contributed by atoms with E-state index < -0.39 is 0 Å². The van der Waals surface area contributed by atoms with Crippen LogP contribution in [-0.2, 0) is 17.3 Å². The van der Waals surface area contributed by atoms with Gasteiger partial charge in [0.25, 0.3) is 0 Å². The van der Waals surface area contributed by atoms with Gasteiger partial charge in [-0.05, 0) is 97.7 Å². The Bertz CT molecular complexity index is 2160. The van der Waals surface area contributed by atoms with E-state index in [0.29, 0.717) is 0 Å². The quantitative estimate of drug-likeness (QED) is 0.204. The molecule has 3 heteroatoms. The van der Waals surface area contributed by atoms with Crippen LogP contribution in [0.4, 0.5) is 11.4 Å². The third kappa shape index (κ3) is 4.70. The predicted molar refractivity (Wildman–Crippen MR) is 202 cm³/mol. The van der Waals surface area contributed by atoms with Gasteiger partial charge in [0, 0.05) is 64.8 Å². The third-order valence-electron chi connectivity index (χ3n) is 11.4. The van der Waals surface area contributed by atoms with Crippen molar-refractivity contribution in [1.29, 1.82) is 0 Å². The van der Waals surface area contributed by atoms with Crippen LogP contribution < -0.4 is 9.47 Å². The fraction of sp³-hybridized carbons (Fsp3) is 0.289. The predicted octanol–water partition coefficient (Wildman–Crippen LogP) is 9.98. The first kappa shape index (κ1) is 30.6. The average molecular weight is 630 g/mol. The number of nitrogens with zero attached hydrogens (tertiary/aromatic N) is 3. The molecule has 0 atom stereocenters. The zero-order chi connectivity index (χ0) is 33.2. The van der Waals surface area contributed by atoms with E-state index in [1.54, 1.807) is 0 Å². The van der Waals surface area contributed by atoms with Crippen LogP contribution in [0.15, 0.2) is 126 Å². The van der Waals surface area contributed by atoms with Gasteiger partial charge in [0.1, 0.15) is 7.05 Å². The second-order valence-corrected chi connectivity index (χ2v) is 15.0. The molecule has 3 nitrogen and oxygen atoms in total. The summed E-state index contributed by atoms with van der Waals surface area (Å²) in [7, 11) is 4.48. The zero-order valence-corrected chi connectivity index (χ0v) is 29.3. The minimum absolute atomic E-state index is 0.0622. The van der Waals surface area contributed by atoms with Gasteiger partial charge in [-0.2, -0.15) is 9.14 Å². The molecule has 0 saturated carbocycles. The van der Waals surface area contributed by atoms with Crippen molar-refractivity contribution in [2.45, 2.75) is 70.6 Å². The highest BCUT2D eigenvalue weighted by atomic mass is 15.2. The summed E-state index contributed by atoms with van der Waals surface area (Å²) in [5.74, 6) is 0. The third-order valence-corrected chi connectivity index (χ3v) is 11.4. The van der Waals surface area contributed by atoms with E-state index in [4.69, 9.17) is 0 Å². The summed E-state index contributed by atoms with van der Waals surface area (Å²) in [5, 5.41) is 2.66. The van der Waals surface area contributed by atoms with Crippen molar-refractivity contribution in [3.05, 3.63) is 149 Å². The van der Waals surface area contributed by atoms with Gasteiger partial charge in [-0.3, -0.25) is 0 Å². The van der Waals surface area contributed by atoms with Gasteiger partial charge in [-0.15, -0.1) is 0 Å². The molecule has 2 aliphatic carbocycles. The number of likely N-dealkylation sites (N-methyl/N-ethyl adjacent to an activating group) is 1. The molecular formula is C45H47N3+2. The number of benzene rings is 3. The molecule has 0 bridgehead atoms. The molecular weight excluding hydrogens is 583 g/mol. The molecule has 48 heavy (non-hydrogen) atoms. The van der Waals surface area contributed by atoms with Crippen LogP contribution in [0.3, 0.4) is 0 Å². The Morgan fingerprint density at radius 1 is 0.771 bits per heavy atom. The number of anilines is 1. The average Bonchev–Trinajstić information content (AvgIpc) is 3.43. The largest absolute Gasteiger partial charge is 0.347 e. The molecule has 0 N–H and O–H groups in total. The zero-order valence-electron chi connectivity index (χ0n) is 29.3. The van der Waals surface area contributed by atoms with E-state index in [1.165, 1.54) is 72.7 Å². The first-order valence-corrected chi connectivity index (χ1v) is 17.7. The number of allylic oxidation sites excluding steroid dienone is 9. The number of fused-ring (bicyclic) bond motifs is 6. The molecule has 8 rings (SSSR count). The second kappa shape index (κ2) is 11.4. The molecule has 240 valence electrons. The topological polar surface area (TPSA) is 10.1 Å². The number of pyridine rings is 1. The lowest BCUT2D eigenvalue weighted by Gasteiger charge is -2.24. The van der Waals surface area contributed by atoms with Crippen molar-refractivity contribution in [1.82, 2.24) is 0 Å². The molecule has 0 amide bonds. The Morgan fingerprint density at radius 2 is 1.58 bits per heavy atom. The molecule has 1 aromatic heterocycles. The van der Waals surface area contributed by atoms with Gasteiger partial charge >= 0.3 is 0 Å². The maximum absolute atomic E-state index is 2.43. The number of hydrogen-bond acceptors (Lipinski definition) is 1. The lowest BCUT2D eigenvalue weighted by atomic mass is 9.76. The van der Waals surface area contributed by atoms with Crippen molar-refractivity contribution in [2.24, 2.45) is 0 Å². The molecule has 3 aromatic carbocycles. The summed E-state index contributed by atoms with van der Waals surface area (Å²) >= 11 is 0. The Labute approximate surface area is 286 Å². The summed E-state index contributed by atoms with van der Waals surface area (Å²) < 4.78 is 4.77. The van der Waals surface area contributed by atoms with Crippen LogP contribution >= 0.6 is 0 Å². The van der Waals surface area contributed by atoms with Crippen LogP contribution in [0, 0.1) is 0 Å². The monoisotopic (exact) mass is 629 g/mol. The highest BCUT2D eigenvalue weighted by molar-refractivity contribution is 6.04. The van der Waals surface area contributed by atoms with E-state index in [1.807, 2.05) is 0 Å². The van der Waals surface area contributed by atoms with Gasteiger partial charge in [-0.1, -0.05) is 68.5 Å². The van der Waals surface area contributed by atoms with Crippen molar-refractivity contribution in [2.75, 3.05) is 19.0 Å². The maximum Gasteiger partial charge on any atom is 0.216 e. The van der Waals surface area contributed by atoms with E-state index in [9.17, 15) is 0 Å². The highest BCUT2D eigenvalue weighted by Crippen LogP contribution is 2.50. The van der Waals surface area contributed by atoms with E-state index >= 15 is 0 Å². The van der Waals surface area contributed by atoms with Crippen molar-refractivity contribution < 1.29 is 9.14 Å². The first-order valence-electron chi connectivity index (χ1n) is 17.7. The fourth-order valence-corrected chi connectivity index (χ4v) is 9.16. The van der Waals surface area contributed by atoms with Gasteiger partial charge in [0.2, 0.25) is 11.4 Å². The first-order chi connectivity index (χ1) is 23.2. The van der Waals surface area contributed by atoms with E-state index in [2.05, 4.69) is 171 Å². The minimum atomic E-state index is -0.109. The summed E-state index contributed by atoms with van der Waals surface area (Å²) in [6, 6.07) is 24.4. The maximum atomic E-state index is 2.43. The van der Waals surface area contributed by atoms with E-state index in [0.717, 1.165) is 32.1 Å². The molecule has 4 aromatic rings. The standard InChI is InChI=1S/C45H47N3/c1-44(2)39(46(5)37-25-21-31-15-8-10-19-35(31)41(37)44)27-23-33-17-14-18-34(43(33)48-29-12-7-13-30-48)24-28-40-45(3,4)42-36-20-11-9-16-32(36)22-26-38(42)47(40)6/h7-10,12-13,15-16,19,21-30H,11,14,17-18,20H2,1-6H3/q+2. The van der Waals surface area contributed by atoms with Crippen LogP contribution in [-0.4, -0.2) is 24.4 Å². The van der Waals surface area contributed by atoms with Gasteiger partial charge < -0.3 is 4.90 Å². The molecule has 0 spiro atoms. The highest BCUT2D eigenvalue weighted by Gasteiger charge is 2.45. The Balaban J connectivity index is 1.21. The molecule has 0 saturated heterocycles. The van der Waals surface area contributed by atoms with Crippen molar-refractivity contribution in [3.63, 3.8) is 0 Å². The summed E-state index contributed by atoms with van der Waals surface area (Å²) in [6.07, 6.45) is 24.2. The van der Waals surface area contributed by atoms with Gasteiger partial charge in [0.15, 0.2) is 18.1 Å². The van der Waals surface area contributed by atoms with Crippen molar-refractivity contribution in [3.8, 4) is 0 Å². The van der Waals surface area contributed by atoms with Crippen LogP contribution in [0.25, 0.3) is 22.5 Å². The van der Waals surface area contributed by atoms with Crippen molar-refractivity contribution >= 4 is 39.6 Å². The lowest BCUT2D eigenvalue weighted by molar-refractivity contribution is -0.580. The van der Waals surface area contributed by atoms with Gasteiger partial charge in [-0.25, -0.2) is 0 Å². The van der Waals surface area contributed by atoms with Crippen LogP contribution in [0.2, 0.25) is 0 Å². The molecule has 2 aliphatic heterocycles. The fourth-order valence-electron chi connectivity index (χ4n) is 9.16. The Kier molecular flexibility index (Phi) is 7.29. The Hall–Kier alpha value is -4.76. The molecule has 0 radical (unpaired) electrons. The van der Waals surface area contributed by atoms with Crippen LogP contribution in [0.1, 0.15) is 75.6 Å². The molecule has 3 heterocycles. The lowest BCUT2D eigenvalue weighted by Crippen LogP contribution is -2.34. The number of rotatable bonds is 4. The Morgan fingerprint density at radius 3 is 2.42 bits per heavy atom. The smallest absolute Gasteiger partial charge is 0.216 e. The summed E-state index contributed by atoms with van der Waals surface area (Å²) in [5.41, 5.74) is 15.1. The number of hydrogen-bond donors (Lipinski definition) is 0.